The van der Waals surface area contributed by atoms with E-state index in [9.17, 15) is 4.79 Å². The van der Waals surface area contributed by atoms with Gasteiger partial charge >= 0.3 is 0 Å². The van der Waals surface area contributed by atoms with Crippen molar-refractivity contribution in [1.82, 2.24) is 0 Å². The highest BCUT2D eigenvalue weighted by atomic mass is 31.1. The fraction of sp³-hybridized carbons (Fsp3) is 0.750. The van der Waals surface area contributed by atoms with Crippen molar-refractivity contribution in [3.05, 3.63) is 0 Å². The molecule has 4 heteroatoms. The SMILES string of the molecule is CCP(O)C(=O)CN. The second kappa shape index (κ2) is 3.96. The zero-order valence-electron chi connectivity index (χ0n) is 4.79. The van der Waals surface area contributed by atoms with Gasteiger partial charge in [-0.1, -0.05) is 6.92 Å². The minimum absolute atomic E-state index is 0.0317. The van der Waals surface area contributed by atoms with Crippen molar-refractivity contribution in [3.8, 4) is 0 Å². The molecule has 0 saturated heterocycles. The molecule has 3 nitrogen and oxygen atoms in total. The Kier molecular flexibility index (Phi) is 3.97. The third kappa shape index (κ3) is 2.36. The number of hydrogen-bond donors (Lipinski definition) is 2. The molecule has 0 aliphatic heterocycles. The fourth-order valence-corrected chi connectivity index (χ4v) is 0.845. The summed E-state index contributed by atoms with van der Waals surface area (Å²) in [6, 6.07) is 0. The summed E-state index contributed by atoms with van der Waals surface area (Å²) >= 11 is 0. The molecule has 0 aromatic carbocycles. The Morgan fingerprint density at radius 1 is 1.88 bits per heavy atom. The lowest BCUT2D eigenvalue weighted by atomic mass is 10.8. The van der Waals surface area contributed by atoms with Gasteiger partial charge in [0.25, 0.3) is 0 Å². The normalized spacial score (nSPS) is 13.4. The summed E-state index contributed by atoms with van der Waals surface area (Å²) in [6.45, 7) is 1.73. The Morgan fingerprint density at radius 3 is 2.50 bits per heavy atom. The van der Waals surface area contributed by atoms with Gasteiger partial charge in [0.2, 0.25) is 0 Å². The highest BCUT2D eigenvalue weighted by molar-refractivity contribution is 7.69. The smallest absolute Gasteiger partial charge is 0.194 e. The van der Waals surface area contributed by atoms with Gasteiger partial charge in [-0.15, -0.1) is 0 Å². The van der Waals surface area contributed by atoms with Gasteiger partial charge in [-0.3, -0.25) is 4.79 Å². The number of nitrogens with two attached hydrogens (primary N) is 1. The molecule has 0 aromatic rings. The molecule has 0 saturated carbocycles. The lowest BCUT2D eigenvalue weighted by molar-refractivity contribution is -0.110. The molecule has 0 heterocycles. The van der Waals surface area contributed by atoms with E-state index < -0.39 is 8.15 Å². The first-order chi connectivity index (χ1) is 3.72. The van der Waals surface area contributed by atoms with Gasteiger partial charge in [0.05, 0.1) is 14.7 Å². The van der Waals surface area contributed by atoms with E-state index in [4.69, 9.17) is 10.6 Å². The number of rotatable bonds is 3. The van der Waals surface area contributed by atoms with Crippen molar-refractivity contribution >= 4 is 13.7 Å². The van der Waals surface area contributed by atoms with Gasteiger partial charge in [0.1, 0.15) is 0 Å². The van der Waals surface area contributed by atoms with E-state index in [0.717, 1.165) is 0 Å². The zero-order valence-corrected chi connectivity index (χ0v) is 5.69. The van der Waals surface area contributed by atoms with Crippen LogP contribution in [0.1, 0.15) is 6.92 Å². The Labute approximate surface area is 49.7 Å². The predicted octanol–water partition coefficient (Wildman–Crippen LogP) is -0.119. The van der Waals surface area contributed by atoms with Crippen LogP contribution in [0.25, 0.3) is 0 Å². The summed E-state index contributed by atoms with van der Waals surface area (Å²) in [5.74, 6) is 0. The number of hydrogen-bond acceptors (Lipinski definition) is 3. The first-order valence-electron chi connectivity index (χ1n) is 2.41. The van der Waals surface area contributed by atoms with Crippen LogP contribution >= 0.6 is 8.15 Å². The summed E-state index contributed by atoms with van der Waals surface area (Å²) in [5.41, 5.74) is 4.74. The fourth-order valence-electron chi connectivity index (χ4n) is 0.282. The lowest BCUT2D eigenvalue weighted by Gasteiger charge is -2.00. The summed E-state index contributed by atoms with van der Waals surface area (Å²) in [6.07, 6.45) is 0.519. The topological polar surface area (TPSA) is 63.3 Å². The second-order valence-electron chi connectivity index (χ2n) is 1.31. The van der Waals surface area contributed by atoms with E-state index >= 15 is 0 Å². The highest BCUT2D eigenvalue weighted by Gasteiger charge is 2.08. The minimum Gasteiger partial charge on any atom is -0.366 e. The molecule has 1 unspecified atom stereocenters. The summed E-state index contributed by atoms with van der Waals surface area (Å²) in [7, 11) is -1.40. The van der Waals surface area contributed by atoms with Gasteiger partial charge in [-0.05, 0) is 6.16 Å². The summed E-state index contributed by atoms with van der Waals surface area (Å²) in [5, 5.41) is 0. The van der Waals surface area contributed by atoms with Crippen molar-refractivity contribution < 1.29 is 9.69 Å². The molecule has 48 valence electrons. The molecule has 3 N–H and O–H groups in total. The molecular formula is C4H10NO2P. The standard InChI is InChI=1S/C4H10NO2P/c1-2-8(7)4(6)3-5/h7H,2-3,5H2,1H3. The Bertz CT molecular complexity index is 86.1. The van der Waals surface area contributed by atoms with E-state index in [1.54, 1.807) is 6.92 Å². The molecule has 0 bridgehead atoms. The predicted molar refractivity (Wildman–Crippen MR) is 33.7 cm³/mol. The van der Waals surface area contributed by atoms with Crippen LogP contribution < -0.4 is 5.73 Å². The highest BCUT2D eigenvalue weighted by Crippen LogP contribution is 2.28. The van der Waals surface area contributed by atoms with Crippen molar-refractivity contribution in [3.63, 3.8) is 0 Å². The second-order valence-corrected chi connectivity index (χ2v) is 3.24. The van der Waals surface area contributed by atoms with Crippen molar-refractivity contribution in [2.24, 2.45) is 5.73 Å². The van der Waals surface area contributed by atoms with E-state index in [1.165, 1.54) is 0 Å². The summed E-state index contributed by atoms with van der Waals surface area (Å²) in [4.78, 5) is 19.2. The van der Waals surface area contributed by atoms with Crippen LogP contribution in [0, 0.1) is 0 Å². The Morgan fingerprint density at radius 2 is 2.38 bits per heavy atom. The van der Waals surface area contributed by atoms with Crippen LogP contribution in [0.3, 0.4) is 0 Å². The first-order valence-corrected chi connectivity index (χ1v) is 3.89. The van der Waals surface area contributed by atoms with Gasteiger partial charge in [-0.2, -0.15) is 0 Å². The maximum absolute atomic E-state index is 10.4. The van der Waals surface area contributed by atoms with Crippen LogP contribution in [0.5, 0.6) is 0 Å². The molecule has 0 aliphatic carbocycles. The van der Waals surface area contributed by atoms with Crippen molar-refractivity contribution in [2.75, 3.05) is 12.7 Å². The van der Waals surface area contributed by atoms with Crippen LogP contribution in [-0.4, -0.2) is 23.1 Å². The van der Waals surface area contributed by atoms with E-state index in [2.05, 4.69) is 0 Å². The summed E-state index contributed by atoms with van der Waals surface area (Å²) < 4.78 is 0. The third-order valence-corrected chi connectivity index (χ3v) is 2.12. The van der Waals surface area contributed by atoms with Gasteiger partial charge in [0, 0.05) is 0 Å². The van der Waals surface area contributed by atoms with E-state index in [1.807, 2.05) is 0 Å². The Hall–Kier alpha value is 0.0200. The molecular weight excluding hydrogens is 125 g/mol. The number of carbonyl (C=O) groups is 1. The van der Waals surface area contributed by atoms with Crippen LogP contribution in [0.4, 0.5) is 0 Å². The average molecular weight is 135 g/mol. The average Bonchev–Trinajstić information content (AvgIpc) is 1.84. The molecule has 0 spiro atoms. The largest absolute Gasteiger partial charge is 0.366 e. The van der Waals surface area contributed by atoms with E-state index in [0.29, 0.717) is 6.16 Å². The molecule has 0 rings (SSSR count). The van der Waals surface area contributed by atoms with Crippen LogP contribution in [0.15, 0.2) is 0 Å². The molecule has 0 aromatic heterocycles. The van der Waals surface area contributed by atoms with Crippen LogP contribution in [0.2, 0.25) is 0 Å². The Balaban J connectivity index is 3.46. The first kappa shape index (κ1) is 8.02. The maximum Gasteiger partial charge on any atom is 0.194 e. The zero-order chi connectivity index (χ0) is 6.57. The van der Waals surface area contributed by atoms with Crippen molar-refractivity contribution in [2.45, 2.75) is 6.92 Å². The van der Waals surface area contributed by atoms with Gasteiger partial charge < -0.3 is 10.6 Å². The molecule has 0 amide bonds. The molecule has 0 radical (unpaired) electrons. The quantitative estimate of drug-likeness (QED) is 0.530. The van der Waals surface area contributed by atoms with Gasteiger partial charge in [0.15, 0.2) is 5.52 Å². The van der Waals surface area contributed by atoms with E-state index in [-0.39, 0.29) is 12.1 Å². The lowest BCUT2D eigenvalue weighted by Crippen LogP contribution is -2.11. The molecule has 0 aliphatic rings. The van der Waals surface area contributed by atoms with Crippen LogP contribution in [-0.2, 0) is 4.79 Å². The molecule has 0 fully saturated rings. The molecule has 8 heavy (non-hydrogen) atoms. The maximum atomic E-state index is 10.4. The van der Waals surface area contributed by atoms with Crippen molar-refractivity contribution in [1.29, 1.82) is 0 Å². The number of carbonyl (C=O) groups excluding carboxylic acids is 1. The van der Waals surface area contributed by atoms with Gasteiger partial charge in [-0.25, -0.2) is 0 Å². The monoisotopic (exact) mass is 135 g/mol. The molecule has 1 atom stereocenters. The minimum atomic E-state index is -1.40. The third-order valence-electron chi connectivity index (χ3n) is 0.762.